The standard InChI is InChI=1S/C35H35F3N4O5S/c1-21-13-27(47-31-6-4-3-5-29(31)36)7-8-30(21)42-35(39)28(19-40-42)34(43)26-16-23-15-25(32(18-24(23)17-26)46-20-33(37)38)14-22-9-11-41(12-10-22)48(2,44)45/h3-8,13,15,17-19,22,33H,9-12,14,16,20,39H2,1-2H3. The first-order valence-corrected chi connectivity index (χ1v) is 17.4. The molecule has 1 aromatic heterocycles. The molecular formula is C35H35F3N4O5S. The summed E-state index contributed by atoms with van der Waals surface area (Å²) >= 11 is 0. The molecule has 2 N–H and O–H groups in total. The van der Waals surface area contributed by atoms with Gasteiger partial charge in [0.25, 0.3) is 6.43 Å². The average molecular weight is 681 g/mol. The van der Waals surface area contributed by atoms with E-state index in [0.717, 1.165) is 16.7 Å². The van der Waals surface area contributed by atoms with Crippen LogP contribution < -0.4 is 15.2 Å². The van der Waals surface area contributed by atoms with E-state index in [1.807, 2.05) is 13.0 Å². The van der Waals surface area contributed by atoms with Crippen molar-refractivity contribution in [2.24, 2.45) is 5.92 Å². The fourth-order valence-corrected chi connectivity index (χ4v) is 7.13. The Morgan fingerprint density at radius 2 is 1.83 bits per heavy atom. The molecule has 3 aromatic carbocycles. The number of alkyl halides is 2. The van der Waals surface area contributed by atoms with Crippen molar-refractivity contribution in [2.45, 2.75) is 39.0 Å². The highest BCUT2D eigenvalue weighted by atomic mass is 32.2. The molecule has 2 aliphatic rings. The van der Waals surface area contributed by atoms with Crippen LogP contribution in [0.2, 0.25) is 0 Å². The highest BCUT2D eigenvalue weighted by molar-refractivity contribution is 7.88. The monoisotopic (exact) mass is 680 g/mol. The number of halogens is 3. The summed E-state index contributed by atoms with van der Waals surface area (Å²) in [6.07, 6.45) is 3.81. The highest BCUT2D eigenvalue weighted by Gasteiger charge is 2.29. The molecular weight excluding hydrogens is 645 g/mol. The van der Waals surface area contributed by atoms with Crippen LogP contribution in [0.5, 0.6) is 17.2 Å². The highest BCUT2D eigenvalue weighted by Crippen LogP contribution is 2.37. The summed E-state index contributed by atoms with van der Waals surface area (Å²) < 4.78 is 78.3. The zero-order valence-corrected chi connectivity index (χ0v) is 27.3. The molecule has 0 saturated carbocycles. The third-order valence-electron chi connectivity index (χ3n) is 8.75. The lowest BCUT2D eigenvalue weighted by atomic mass is 9.89. The number of carbonyl (C=O) groups excluding carboxylic acids is 1. The molecule has 1 aliphatic heterocycles. The summed E-state index contributed by atoms with van der Waals surface area (Å²) in [5.74, 6) is 0.350. The number of hydrogen-bond acceptors (Lipinski definition) is 7. The number of para-hydroxylation sites is 1. The molecule has 48 heavy (non-hydrogen) atoms. The van der Waals surface area contributed by atoms with E-state index in [9.17, 15) is 26.4 Å². The zero-order chi connectivity index (χ0) is 34.2. The molecule has 13 heteroatoms. The van der Waals surface area contributed by atoms with E-state index in [1.54, 1.807) is 42.5 Å². The largest absolute Gasteiger partial charge is 0.487 e. The van der Waals surface area contributed by atoms with Crippen molar-refractivity contribution in [1.82, 2.24) is 14.1 Å². The number of nitrogen functional groups attached to an aromatic ring is 1. The molecule has 0 atom stereocenters. The lowest BCUT2D eigenvalue weighted by Crippen LogP contribution is -2.38. The van der Waals surface area contributed by atoms with Gasteiger partial charge in [0.2, 0.25) is 10.0 Å². The number of Topliss-reactive ketones (excluding diaryl/α,β-unsaturated/α-hetero) is 1. The number of fused-ring (bicyclic) bond motifs is 1. The van der Waals surface area contributed by atoms with Crippen LogP contribution in [-0.2, 0) is 22.9 Å². The minimum absolute atomic E-state index is 0.0942. The molecule has 2 heterocycles. The Bertz CT molecular complexity index is 2000. The van der Waals surface area contributed by atoms with Crippen LogP contribution in [-0.4, -0.2) is 60.7 Å². The fourth-order valence-electron chi connectivity index (χ4n) is 6.25. The predicted molar refractivity (Wildman–Crippen MR) is 176 cm³/mol. The van der Waals surface area contributed by atoms with Crippen molar-refractivity contribution in [1.29, 1.82) is 0 Å². The van der Waals surface area contributed by atoms with Gasteiger partial charge in [0.15, 0.2) is 17.3 Å². The van der Waals surface area contributed by atoms with Gasteiger partial charge in [0.1, 0.15) is 23.9 Å². The number of carbonyl (C=O) groups is 1. The number of allylic oxidation sites excluding steroid dienone is 1. The van der Waals surface area contributed by atoms with E-state index in [4.69, 9.17) is 15.2 Å². The molecule has 9 nitrogen and oxygen atoms in total. The molecule has 0 bridgehead atoms. The van der Waals surface area contributed by atoms with Gasteiger partial charge in [-0.3, -0.25) is 4.79 Å². The van der Waals surface area contributed by atoms with E-state index in [1.165, 1.54) is 33.6 Å². The summed E-state index contributed by atoms with van der Waals surface area (Å²) in [5, 5.41) is 4.38. The Labute approximate surface area is 276 Å². The number of ether oxygens (including phenoxy) is 2. The molecule has 0 amide bonds. The van der Waals surface area contributed by atoms with Crippen LogP contribution in [0.4, 0.5) is 19.0 Å². The minimum atomic E-state index is -3.27. The maximum Gasteiger partial charge on any atom is 0.272 e. The summed E-state index contributed by atoms with van der Waals surface area (Å²) in [6, 6.07) is 14.8. The number of sulfonamides is 1. The quantitative estimate of drug-likeness (QED) is 0.183. The first kappa shape index (κ1) is 33.3. The lowest BCUT2D eigenvalue weighted by Gasteiger charge is -2.30. The average Bonchev–Trinajstić information content (AvgIpc) is 3.63. The number of ketones is 1. The molecule has 6 rings (SSSR count). The van der Waals surface area contributed by atoms with Crippen molar-refractivity contribution in [3.63, 3.8) is 0 Å². The Kier molecular flexibility index (Phi) is 9.35. The smallest absolute Gasteiger partial charge is 0.272 e. The summed E-state index contributed by atoms with van der Waals surface area (Å²) in [6.45, 7) is 1.87. The Morgan fingerprint density at radius 1 is 1.08 bits per heavy atom. The number of aryl methyl sites for hydroxylation is 1. The molecule has 1 saturated heterocycles. The normalized spacial score (nSPS) is 15.4. The van der Waals surface area contributed by atoms with Gasteiger partial charge in [0.05, 0.1) is 23.7 Å². The molecule has 1 aliphatic carbocycles. The van der Waals surface area contributed by atoms with Gasteiger partial charge in [-0.15, -0.1) is 0 Å². The number of aromatic nitrogens is 2. The number of anilines is 1. The van der Waals surface area contributed by atoms with Crippen molar-refractivity contribution < 1.29 is 35.9 Å². The van der Waals surface area contributed by atoms with Gasteiger partial charge >= 0.3 is 0 Å². The first-order chi connectivity index (χ1) is 22.9. The number of nitrogens with two attached hydrogens (primary N) is 1. The van der Waals surface area contributed by atoms with Gasteiger partial charge < -0.3 is 15.2 Å². The maximum atomic E-state index is 14.1. The van der Waals surface area contributed by atoms with Crippen LogP contribution in [0.15, 0.2) is 66.4 Å². The van der Waals surface area contributed by atoms with Crippen LogP contribution in [0.1, 0.15) is 45.5 Å². The van der Waals surface area contributed by atoms with Crippen molar-refractivity contribution in [3.05, 3.63) is 100 Å². The van der Waals surface area contributed by atoms with Gasteiger partial charge in [-0.1, -0.05) is 18.2 Å². The molecule has 0 spiro atoms. The van der Waals surface area contributed by atoms with E-state index >= 15 is 0 Å². The molecule has 0 radical (unpaired) electrons. The van der Waals surface area contributed by atoms with Crippen LogP contribution in [0, 0.1) is 18.7 Å². The molecule has 4 aromatic rings. The van der Waals surface area contributed by atoms with Crippen LogP contribution in [0.3, 0.4) is 0 Å². The third kappa shape index (κ3) is 7.12. The van der Waals surface area contributed by atoms with E-state index in [0.29, 0.717) is 67.1 Å². The Hall–Kier alpha value is -4.62. The van der Waals surface area contributed by atoms with Crippen molar-refractivity contribution in [3.8, 4) is 22.9 Å². The topological polar surface area (TPSA) is 117 Å². The van der Waals surface area contributed by atoms with Crippen molar-refractivity contribution in [2.75, 3.05) is 31.7 Å². The van der Waals surface area contributed by atoms with E-state index in [-0.39, 0.29) is 28.8 Å². The Morgan fingerprint density at radius 3 is 2.52 bits per heavy atom. The number of benzene rings is 3. The summed E-state index contributed by atoms with van der Waals surface area (Å²) in [4.78, 5) is 13.7. The summed E-state index contributed by atoms with van der Waals surface area (Å²) in [5.41, 5.74) is 10.8. The second kappa shape index (κ2) is 13.5. The second-order valence-corrected chi connectivity index (χ2v) is 14.2. The van der Waals surface area contributed by atoms with Gasteiger partial charge in [-0.2, -0.15) is 5.10 Å². The van der Waals surface area contributed by atoms with Crippen LogP contribution in [0.25, 0.3) is 11.8 Å². The minimum Gasteiger partial charge on any atom is -0.487 e. The maximum absolute atomic E-state index is 14.1. The molecule has 0 unspecified atom stereocenters. The summed E-state index contributed by atoms with van der Waals surface area (Å²) in [7, 11) is -3.27. The third-order valence-corrected chi connectivity index (χ3v) is 10.1. The van der Waals surface area contributed by atoms with Crippen molar-refractivity contribution >= 4 is 27.7 Å². The van der Waals surface area contributed by atoms with Gasteiger partial charge in [0, 0.05) is 25.1 Å². The number of hydrogen-bond donors (Lipinski definition) is 1. The number of rotatable bonds is 11. The second-order valence-electron chi connectivity index (χ2n) is 12.2. The molecule has 1 fully saturated rings. The lowest BCUT2D eigenvalue weighted by molar-refractivity contribution is 0.0812. The number of nitrogens with zero attached hydrogens (tertiary/aromatic N) is 3. The predicted octanol–water partition coefficient (Wildman–Crippen LogP) is 6.37. The fraction of sp³-hybridized carbons (Fsp3) is 0.314. The van der Waals surface area contributed by atoms with Gasteiger partial charge in [-0.05, 0) is 96.8 Å². The SMILES string of the molecule is Cc1cc(Oc2ccccc2F)ccc1-n1ncc(C(=O)C2=Cc3cc(OCC(F)F)c(CC4CCN(S(C)(=O)=O)CC4)cc3C2)c1N. The molecule has 252 valence electrons. The van der Waals surface area contributed by atoms with Gasteiger partial charge in [-0.25, -0.2) is 30.6 Å². The van der Waals surface area contributed by atoms with E-state index in [2.05, 4.69) is 5.10 Å². The van der Waals surface area contributed by atoms with E-state index < -0.39 is 28.9 Å². The van der Waals surface area contributed by atoms with Crippen LogP contribution >= 0.6 is 0 Å². The number of piperidine rings is 1. The first-order valence-electron chi connectivity index (χ1n) is 15.5. The zero-order valence-electron chi connectivity index (χ0n) is 26.5. The Balaban J connectivity index is 1.19.